The Bertz CT molecular complexity index is 1560. The van der Waals surface area contributed by atoms with E-state index in [0.29, 0.717) is 5.69 Å². The van der Waals surface area contributed by atoms with Crippen LogP contribution in [-0.4, -0.2) is 23.0 Å². The maximum absolute atomic E-state index is 13.3. The number of rotatable bonds is 3. The van der Waals surface area contributed by atoms with Crippen LogP contribution in [0, 0.1) is 0 Å². The molecule has 0 saturated carbocycles. The second-order valence-corrected chi connectivity index (χ2v) is 8.26. The molecule has 0 aliphatic carbocycles. The van der Waals surface area contributed by atoms with E-state index in [4.69, 9.17) is 4.74 Å². The van der Waals surface area contributed by atoms with Crippen molar-refractivity contribution in [3.63, 3.8) is 0 Å². The summed E-state index contributed by atoms with van der Waals surface area (Å²) in [4.78, 5) is 31.3. The van der Waals surface area contributed by atoms with Crippen LogP contribution in [0.25, 0.3) is 32.3 Å². The first-order valence-corrected chi connectivity index (χ1v) is 10.9. The highest BCUT2D eigenvalue weighted by molar-refractivity contribution is 6.23. The number of β-lactam (4-membered cyclic amide) rings is 1. The molecule has 6 rings (SSSR count). The molecule has 0 radical (unpaired) electrons. The fourth-order valence-corrected chi connectivity index (χ4v) is 4.90. The molecule has 0 N–H and O–H groups in total. The molecule has 1 aliphatic rings. The number of carbonyl (C=O) groups excluding carboxylic acids is 2. The van der Waals surface area contributed by atoms with Crippen LogP contribution >= 0.6 is 0 Å². The number of carbonyl (C=O) groups is 2. The van der Waals surface area contributed by atoms with Gasteiger partial charge >= 0.3 is 5.97 Å². The van der Waals surface area contributed by atoms with Gasteiger partial charge in [-0.1, -0.05) is 66.7 Å². The van der Waals surface area contributed by atoms with Crippen molar-refractivity contribution in [3.8, 4) is 0 Å². The van der Waals surface area contributed by atoms with Gasteiger partial charge in [0.05, 0.1) is 11.4 Å². The van der Waals surface area contributed by atoms with Crippen LogP contribution in [0.2, 0.25) is 0 Å². The number of benzene rings is 4. The fourth-order valence-electron chi connectivity index (χ4n) is 4.90. The molecular formula is C28H20N2O3. The quantitative estimate of drug-likeness (QED) is 0.213. The summed E-state index contributed by atoms with van der Waals surface area (Å²) in [5.41, 5.74) is 1.48. The zero-order valence-electron chi connectivity index (χ0n) is 17.9. The topological polar surface area (TPSA) is 59.5 Å². The van der Waals surface area contributed by atoms with Gasteiger partial charge in [0.1, 0.15) is 6.04 Å². The number of hydrogen-bond acceptors (Lipinski definition) is 4. The molecule has 1 aliphatic heterocycles. The predicted octanol–water partition coefficient (Wildman–Crippen LogP) is 5.56. The minimum absolute atomic E-state index is 0.245. The van der Waals surface area contributed by atoms with Crippen molar-refractivity contribution in [3.05, 3.63) is 96.8 Å². The SMILES string of the molecule is CC(=O)O[C@@H]1C(=O)N(c2cc3c4ccccc4ccc3c3ccccc23)[C@H]1c1ccccn1. The number of fused-ring (bicyclic) bond motifs is 5. The van der Waals surface area contributed by atoms with Crippen LogP contribution < -0.4 is 4.90 Å². The summed E-state index contributed by atoms with van der Waals surface area (Å²) in [7, 11) is 0. The lowest BCUT2D eigenvalue weighted by atomic mass is 9.89. The summed E-state index contributed by atoms with van der Waals surface area (Å²) < 4.78 is 5.42. The average Bonchev–Trinajstić information content (AvgIpc) is 2.85. The van der Waals surface area contributed by atoms with E-state index in [0.717, 1.165) is 38.0 Å². The average molecular weight is 432 g/mol. The highest BCUT2D eigenvalue weighted by atomic mass is 16.6. The van der Waals surface area contributed by atoms with Crippen molar-refractivity contribution in [2.45, 2.75) is 19.1 Å². The minimum Gasteiger partial charge on any atom is -0.450 e. The molecule has 5 heteroatoms. The van der Waals surface area contributed by atoms with Gasteiger partial charge in [0, 0.05) is 18.5 Å². The van der Waals surface area contributed by atoms with E-state index in [2.05, 4.69) is 41.4 Å². The summed E-state index contributed by atoms with van der Waals surface area (Å²) >= 11 is 0. The van der Waals surface area contributed by atoms with Crippen molar-refractivity contribution < 1.29 is 14.3 Å². The molecule has 1 amide bonds. The molecule has 1 saturated heterocycles. The number of ether oxygens (including phenoxy) is 1. The molecule has 5 aromatic rings. The van der Waals surface area contributed by atoms with E-state index in [1.165, 1.54) is 6.92 Å². The number of hydrogen-bond donors (Lipinski definition) is 0. The molecule has 2 atom stereocenters. The van der Waals surface area contributed by atoms with Crippen LogP contribution in [0.1, 0.15) is 18.7 Å². The Hall–Kier alpha value is -4.25. The van der Waals surface area contributed by atoms with Gasteiger partial charge < -0.3 is 4.74 Å². The standard InChI is InChI=1S/C28H20N2O3/c1-17(31)33-27-26(24-12-6-7-15-29-24)30(28(27)32)25-16-23-19-9-3-2-8-18(19)13-14-21(23)20-10-4-5-11-22(20)25/h2-16,26-27H,1H3/t26-,27-/m0/s1. The first kappa shape index (κ1) is 19.4. The van der Waals surface area contributed by atoms with Crippen LogP contribution in [0.4, 0.5) is 5.69 Å². The summed E-state index contributed by atoms with van der Waals surface area (Å²) in [6.07, 6.45) is 0.798. The van der Waals surface area contributed by atoms with Crippen LogP contribution in [0.3, 0.4) is 0 Å². The van der Waals surface area contributed by atoms with Gasteiger partial charge in [0.2, 0.25) is 6.10 Å². The van der Waals surface area contributed by atoms with Gasteiger partial charge in [-0.15, -0.1) is 0 Å². The van der Waals surface area contributed by atoms with Crippen molar-refractivity contribution >= 4 is 49.9 Å². The number of aromatic nitrogens is 1. The Balaban J connectivity index is 1.63. The molecule has 160 valence electrons. The van der Waals surface area contributed by atoms with E-state index in [9.17, 15) is 9.59 Å². The maximum Gasteiger partial charge on any atom is 0.303 e. The molecule has 0 unspecified atom stereocenters. The lowest BCUT2D eigenvalue weighted by Crippen LogP contribution is -2.61. The van der Waals surface area contributed by atoms with Gasteiger partial charge in [-0.25, -0.2) is 0 Å². The van der Waals surface area contributed by atoms with Crippen molar-refractivity contribution in [1.82, 2.24) is 4.98 Å². The molecule has 1 fully saturated rings. The number of esters is 1. The number of pyridine rings is 1. The van der Waals surface area contributed by atoms with Gasteiger partial charge in [-0.05, 0) is 45.1 Å². The Kier molecular flexibility index (Phi) is 4.37. The third-order valence-electron chi connectivity index (χ3n) is 6.33. The highest BCUT2D eigenvalue weighted by Crippen LogP contribution is 2.45. The first-order chi connectivity index (χ1) is 16.1. The van der Waals surface area contributed by atoms with E-state index in [-0.39, 0.29) is 5.91 Å². The summed E-state index contributed by atoms with van der Waals surface area (Å²) in [6.45, 7) is 1.32. The molecule has 1 aromatic heterocycles. The molecule has 0 bridgehead atoms. The van der Waals surface area contributed by atoms with Crippen molar-refractivity contribution in [1.29, 1.82) is 0 Å². The largest absolute Gasteiger partial charge is 0.450 e. The van der Waals surface area contributed by atoms with E-state index < -0.39 is 18.1 Å². The molecule has 5 nitrogen and oxygen atoms in total. The second-order valence-electron chi connectivity index (χ2n) is 8.26. The zero-order valence-corrected chi connectivity index (χ0v) is 17.9. The molecule has 4 aromatic carbocycles. The molecule has 2 heterocycles. The normalized spacial score (nSPS) is 18.0. The molecule has 0 spiro atoms. The lowest BCUT2D eigenvalue weighted by Gasteiger charge is -2.46. The summed E-state index contributed by atoms with van der Waals surface area (Å²) in [5.74, 6) is -0.728. The van der Waals surface area contributed by atoms with Crippen LogP contribution in [0.15, 0.2) is 91.1 Å². The van der Waals surface area contributed by atoms with Gasteiger partial charge in [0.25, 0.3) is 5.91 Å². The maximum atomic E-state index is 13.3. The van der Waals surface area contributed by atoms with E-state index in [1.807, 2.05) is 48.5 Å². The number of anilines is 1. The van der Waals surface area contributed by atoms with E-state index >= 15 is 0 Å². The number of amides is 1. The smallest absolute Gasteiger partial charge is 0.303 e. The Morgan fingerprint density at radius 3 is 2.27 bits per heavy atom. The fraction of sp³-hybridized carbons (Fsp3) is 0.107. The second kappa shape index (κ2) is 7.41. The van der Waals surface area contributed by atoms with Gasteiger partial charge in [-0.3, -0.25) is 19.5 Å². The highest BCUT2D eigenvalue weighted by Gasteiger charge is 2.52. The molecular weight excluding hydrogens is 412 g/mol. The van der Waals surface area contributed by atoms with Gasteiger partial charge in [-0.2, -0.15) is 0 Å². The molecule has 33 heavy (non-hydrogen) atoms. The summed E-state index contributed by atoms with van der Waals surface area (Å²) in [5, 5.41) is 6.51. The van der Waals surface area contributed by atoms with Crippen LogP contribution in [-0.2, 0) is 14.3 Å². The third kappa shape index (κ3) is 2.97. The van der Waals surface area contributed by atoms with Gasteiger partial charge in [0.15, 0.2) is 0 Å². The first-order valence-electron chi connectivity index (χ1n) is 10.9. The van der Waals surface area contributed by atoms with E-state index in [1.54, 1.807) is 11.1 Å². The van der Waals surface area contributed by atoms with Crippen molar-refractivity contribution in [2.75, 3.05) is 4.90 Å². The third-order valence-corrected chi connectivity index (χ3v) is 6.33. The predicted molar refractivity (Wildman–Crippen MR) is 129 cm³/mol. The monoisotopic (exact) mass is 432 g/mol. The minimum atomic E-state index is -0.889. The lowest BCUT2D eigenvalue weighted by molar-refractivity contribution is -0.160. The van der Waals surface area contributed by atoms with Crippen molar-refractivity contribution in [2.24, 2.45) is 0 Å². The zero-order chi connectivity index (χ0) is 22.5. The number of nitrogens with zero attached hydrogens (tertiary/aromatic N) is 2. The Labute approximate surface area is 190 Å². The van der Waals surface area contributed by atoms with Crippen LogP contribution in [0.5, 0.6) is 0 Å². The Morgan fingerprint density at radius 2 is 1.52 bits per heavy atom. The summed E-state index contributed by atoms with van der Waals surface area (Å²) in [6, 6.07) is 27.8. The Morgan fingerprint density at radius 1 is 0.818 bits per heavy atom.